The standard InChI is InChI=1S/C17H19NO5S/c19-17(15-9-5-11-23-15)18-12-16(14-8-4-10-22-14)24(20,21)13-6-2-1-3-7-13/h1-4,6-8,10,15-16H,5,9,11-12H2,(H,18,19). The quantitative estimate of drug-likeness (QED) is 0.863. The summed E-state index contributed by atoms with van der Waals surface area (Å²) in [5.74, 6) is 0.0128. The lowest BCUT2D eigenvalue weighted by Gasteiger charge is -2.18. The van der Waals surface area contributed by atoms with Gasteiger partial charge in [-0.05, 0) is 37.1 Å². The Hall–Kier alpha value is -2.12. The van der Waals surface area contributed by atoms with Crippen LogP contribution in [0.3, 0.4) is 0 Å². The maximum absolute atomic E-state index is 12.9. The van der Waals surface area contributed by atoms with Crippen LogP contribution >= 0.6 is 0 Å². The van der Waals surface area contributed by atoms with Crippen LogP contribution in [-0.4, -0.2) is 33.6 Å². The fourth-order valence-electron chi connectivity index (χ4n) is 2.70. The summed E-state index contributed by atoms with van der Waals surface area (Å²) < 4.78 is 36.5. The maximum Gasteiger partial charge on any atom is 0.249 e. The van der Waals surface area contributed by atoms with Crippen LogP contribution in [0.2, 0.25) is 0 Å². The first-order valence-corrected chi connectivity index (χ1v) is 9.35. The van der Waals surface area contributed by atoms with E-state index in [1.54, 1.807) is 30.3 Å². The highest BCUT2D eigenvalue weighted by Crippen LogP contribution is 2.28. The van der Waals surface area contributed by atoms with Crippen molar-refractivity contribution in [3.05, 3.63) is 54.5 Å². The lowest BCUT2D eigenvalue weighted by atomic mass is 10.2. The van der Waals surface area contributed by atoms with Gasteiger partial charge in [-0.25, -0.2) is 8.42 Å². The highest BCUT2D eigenvalue weighted by Gasteiger charge is 2.33. The Morgan fingerprint density at radius 3 is 2.62 bits per heavy atom. The number of hydrogen-bond donors (Lipinski definition) is 1. The third kappa shape index (κ3) is 3.52. The molecule has 1 amide bonds. The summed E-state index contributed by atoms with van der Waals surface area (Å²) in [6.07, 6.45) is 2.41. The summed E-state index contributed by atoms with van der Waals surface area (Å²) in [7, 11) is -3.69. The molecule has 1 N–H and O–H groups in total. The molecule has 24 heavy (non-hydrogen) atoms. The van der Waals surface area contributed by atoms with Crippen LogP contribution in [0.15, 0.2) is 58.0 Å². The van der Waals surface area contributed by atoms with Crippen molar-refractivity contribution < 1.29 is 22.4 Å². The van der Waals surface area contributed by atoms with Gasteiger partial charge in [0.25, 0.3) is 0 Å². The molecule has 0 saturated carbocycles. The summed E-state index contributed by atoms with van der Waals surface area (Å²) in [6.45, 7) is 0.492. The van der Waals surface area contributed by atoms with Gasteiger partial charge in [0.05, 0.1) is 11.2 Å². The van der Waals surface area contributed by atoms with Crippen molar-refractivity contribution in [1.82, 2.24) is 5.32 Å². The van der Waals surface area contributed by atoms with Crippen LogP contribution in [0, 0.1) is 0 Å². The SMILES string of the molecule is O=C(NCC(c1ccco1)S(=O)(=O)c1ccccc1)C1CCCO1. The number of furan rings is 1. The van der Waals surface area contributed by atoms with Gasteiger partial charge < -0.3 is 14.5 Å². The van der Waals surface area contributed by atoms with E-state index in [0.717, 1.165) is 6.42 Å². The number of rotatable bonds is 6. The predicted octanol–water partition coefficient (Wildman–Crippen LogP) is 2.09. The molecule has 1 fully saturated rings. The molecule has 0 radical (unpaired) electrons. The number of ether oxygens (including phenoxy) is 1. The molecule has 1 aromatic heterocycles. The molecule has 2 aromatic rings. The van der Waals surface area contributed by atoms with E-state index in [1.165, 1.54) is 18.4 Å². The number of benzene rings is 1. The molecule has 0 aliphatic carbocycles. The molecule has 7 heteroatoms. The van der Waals surface area contributed by atoms with Gasteiger partial charge in [0.1, 0.15) is 17.1 Å². The van der Waals surface area contributed by atoms with E-state index in [4.69, 9.17) is 9.15 Å². The Morgan fingerprint density at radius 2 is 2.00 bits per heavy atom. The van der Waals surface area contributed by atoms with E-state index < -0.39 is 21.2 Å². The number of sulfone groups is 1. The van der Waals surface area contributed by atoms with E-state index in [9.17, 15) is 13.2 Å². The van der Waals surface area contributed by atoms with Crippen LogP contribution in [0.1, 0.15) is 23.9 Å². The van der Waals surface area contributed by atoms with Crippen LogP contribution in [-0.2, 0) is 19.4 Å². The summed E-state index contributed by atoms with van der Waals surface area (Å²) in [5.41, 5.74) is 0. The molecule has 2 unspecified atom stereocenters. The summed E-state index contributed by atoms with van der Waals surface area (Å²) in [4.78, 5) is 12.3. The minimum Gasteiger partial charge on any atom is -0.468 e. The Bertz CT molecular complexity index is 765. The van der Waals surface area contributed by atoms with Gasteiger partial charge >= 0.3 is 0 Å². The molecule has 0 bridgehead atoms. The topological polar surface area (TPSA) is 85.6 Å². The van der Waals surface area contributed by atoms with Crippen molar-refractivity contribution in [2.24, 2.45) is 0 Å². The van der Waals surface area contributed by atoms with Gasteiger partial charge in [-0.3, -0.25) is 4.79 Å². The second kappa shape index (κ2) is 7.19. The normalized spacial score (nSPS) is 19.1. The highest BCUT2D eigenvalue weighted by atomic mass is 32.2. The Morgan fingerprint density at radius 1 is 1.21 bits per heavy atom. The number of amides is 1. The molecule has 1 aliphatic heterocycles. The lowest BCUT2D eigenvalue weighted by Crippen LogP contribution is -2.38. The highest BCUT2D eigenvalue weighted by molar-refractivity contribution is 7.91. The third-order valence-corrected chi connectivity index (χ3v) is 6.07. The monoisotopic (exact) mass is 349 g/mol. The van der Waals surface area contributed by atoms with Gasteiger partial charge in [0, 0.05) is 13.2 Å². The van der Waals surface area contributed by atoms with Gasteiger partial charge in [-0.1, -0.05) is 18.2 Å². The number of carbonyl (C=O) groups excluding carboxylic acids is 1. The molecule has 0 spiro atoms. The molecule has 1 aromatic carbocycles. The van der Waals surface area contributed by atoms with Crippen LogP contribution in [0.4, 0.5) is 0 Å². The summed E-state index contributed by atoms with van der Waals surface area (Å²) in [5, 5.41) is 1.70. The molecular weight excluding hydrogens is 330 g/mol. The number of carbonyl (C=O) groups is 1. The Balaban J connectivity index is 1.81. The van der Waals surface area contributed by atoms with E-state index >= 15 is 0 Å². The number of nitrogens with one attached hydrogen (secondary N) is 1. The van der Waals surface area contributed by atoms with Gasteiger partial charge in [-0.15, -0.1) is 0 Å². The molecule has 128 valence electrons. The average molecular weight is 349 g/mol. The smallest absolute Gasteiger partial charge is 0.249 e. The van der Waals surface area contributed by atoms with Gasteiger partial charge in [0.15, 0.2) is 9.84 Å². The van der Waals surface area contributed by atoms with E-state index in [1.807, 2.05) is 0 Å². The zero-order valence-corrected chi connectivity index (χ0v) is 13.9. The molecule has 2 heterocycles. The van der Waals surface area contributed by atoms with E-state index in [2.05, 4.69) is 5.32 Å². The molecule has 6 nitrogen and oxygen atoms in total. The van der Waals surface area contributed by atoms with Crippen LogP contribution < -0.4 is 5.32 Å². The molecule has 1 aliphatic rings. The molecule has 1 saturated heterocycles. The first-order valence-electron chi connectivity index (χ1n) is 7.80. The van der Waals surface area contributed by atoms with Gasteiger partial charge in [0.2, 0.25) is 5.91 Å². The molecule has 3 rings (SSSR count). The number of hydrogen-bond acceptors (Lipinski definition) is 5. The summed E-state index contributed by atoms with van der Waals surface area (Å²) >= 11 is 0. The minimum atomic E-state index is -3.69. The average Bonchev–Trinajstić information content (AvgIpc) is 3.29. The lowest BCUT2D eigenvalue weighted by molar-refractivity contribution is -0.130. The zero-order chi connectivity index (χ0) is 17.0. The molecular formula is C17H19NO5S. The van der Waals surface area contributed by atoms with Gasteiger partial charge in [-0.2, -0.15) is 0 Å². The largest absolute Gasteiger partial charge is 0.468 e. The van der Waals surface area contributed by atoms with Crippen molar-refractivity contribution in [3.8, 4) is 0 Å². The second-order valence-electron chi connectivity index (χ2n) is 5.61. The first kappa shape index (κ1) is 16.7. The third-order valence-electron chi connectivity index (χ3n) is 3.99. The van der Waals surface area contributed by atoms with Crippen LogP contribution in [0.25, 0.3) is 0 Å². The first-order chi connectivity index (χ1) is 11.6. The van der Waals surface area contributed by atoms with E-state index in [0.29, 0.717) is 18.8 Å². The van der Waals surface area contributed by atoms with Crippen molar-refractivity contribution in [1.29, 1.82) is 0 Å². The van der Waals surface area contributed by atoms with Crippen molar-refractivity contribution in [3.63, 3.8) is 0 Å². The van der Waals surface area contributed by atoms with Crippen molar-refractivity contribution >= 4 is 15.7 Å². The fraction of sp³-hybridized carbons (Fsp3) is 0.353. The maximum atomic E-state index is 12.9. The Labute approximate surface area is 140 Å². The minimum absolute atomic E-state index is 0.0660. The second-order valence-corrected chi connectivity index (χ2v) is 7.74. The Kier molecular flexibility index (Phi) is 5.01. The molecule has 2 atom stereocenters. The van der Waals surface area contributed by atoms with Crippen molar-refractivity contribution in [2.45, 2.75) is 29.1 Å². The summed E-state index contributed by atoms with van der Waals surface area (Å²) in [6, 6.07) is 11.4. The zero-order valence-electron chi connectivity index (χ0n) is 13.1. The predicted molar refractivity (Wildman–Crippen MR) is 87.1 cm³/mol. The fourth-order valence-corrected chi connectivity index (χ4v) is 4.31. The van der Waals surface area contributed by atoms with Crippen molar-refractivity contribution in [2.75, 3.05) is 13.2 Å². The van der Waals surface area contributed by atoms with Crippen LogP contribution in [0.5, 0.6) is 0 Å². The van der Waals surface area contributed by atoms with E-state index in [-0.39, 0.29) is 17.3 Å².